The number of hydrogen-bond donors (Lipinski definition) is 1. The Morgan fingerprint density at radius 3 is 2.62 bits per heavy atom. The zero-order valence-electron chi connectivity index (χ0n) is 22.3. The highest BCUT2D eigenvalue weighted by molar-refractivity contribution is 5.95. The van der Waals surface area contributed by atoms with E-state index in [0.29, 0.717) is 17.6 Å². The molecule has 1 amide bonds. The van der Waals surface area contributed by atoms with Crippen LogP contribution in [0, 0.1) is 0 Å². The predicted molar refractivity (Wildman–Crippen MR) is 150 cm³/mol. The molecule has 37 heavy (non-hydrogen) atoms. The summed E-state index contributed by atoms with van der Waals surface area (Å²) in [4.78, 5) is 18.6. The Hall–Kier alpha value is -2.67. The summed E-state index contributed by atoms with van der Waals surface area (Å²) in [5.74, 6) is 0.810. The number of hydrazine groups is 1. The molecule has 0 spiro atoms. The Balaban J connectivity index is 1.42. The minimum Gasteiger partial charge on any atom is -0.497 e. The number of fused-ring (bicyclic) bond motifs is 2. The second-order valence-corrected chi connectivity index (χ2v) is 10.8. The second kappa shape index (κ2) is 12.2. The van der Waals surface area contributed by atoms with E-state index in [-0.39, 0.29) is 5.91 Å². The van der Waals surface area contributed by atoms with Crippen LogP contribution in [0.25, 0.3) is 11.1 Å². The van der Waals surface area contributed by atoms with Crippen LogP contribution in [0.2, 0.25) is 0 Å². The van der Waals surface area contributed by atoms with Crippen molar-refractivity contribution in [2.75, 3.05) is 39.8 Å². The molecule has 0 aromatic heterocycles. The maximum atomic E-state index is 13.3. The van der Waals surface area contributed by atoms with Crippen molar-refractivity contribution in [2.45, 2.75) is 63.6 Å². The molecule has 0 saturated carbocycles. The number of benzene rings is 2. The van der Waals surface area contributed by atoms with Crippen molar-refractivity contribution in [1.82, 2.24) is 20.2 Å². The van der Waals surface area contributed by atoms with Gasteiger partial charge < -0.3 is 4.74 Å². The third-order valence-corrected chi connectivity index (χ3v) is 8.38. The van der Waals surface area contributed by atoms with Gasteiger partial charge in [0, 0.05) is 56.9 Å². The first kappa shape index (κ1) is 26.0. The highest BCUT2D eigenvalue weighted by atomic mass is 16.5. The molecule has 3 saturated heterocycles. The Kier molecular flexibility index (Phi) is 8.59. The van der Waals surface area contributed by atoms with Crippen LogP contribution in [0.1, 0.15) is 60.9 Å². The van der Waals surface area contributed by atoms with E-state index in [1.54, 1.807) is 7.11 Å². The number of carbonyl (C=O) groups excluding carboxylic acids is 1. The number of amides is 1. The Bertz CT molecular complexity index is 1080. The molecule has 2 aromatic rings. The molecule has 3 aliphatic heterocycles. The summed E-state index contributed by atoms with van der Waals surface area (Å²) in [6, 6.07) is 15.7. The number of rotatable bonds is 8. The van der Waals surface area contributed by atoms with Gasteiger partial charge in [0.1, 0.15) is 5.75 Å². The highest BCUT2D eigenvalue weighted by Crippen LogP contribution is 2.35. The Morgan fingerprint density at radius 2 is 1.84 bits per heavy atom. The Labute approximate surface area is 222 Å². The molecular weight excluding hydrogens is 460 g/mol. The second-order valence-electron chi connectivity index (χ2n) is 10.8. The van der Waals surface area contributed by atoms with E-state index in [9.17, 15) is 4.79 Å². The fraction of sp³-hybridized carbons (Fsp3) is 0.516. The quantitative estimate of drug-likeness (QED) is 0.509. The zero-order valence-corrected chi connectivity index (χ0v) is 22.3. The summed E-state index contributed by atoms with van der Waals surface area (Å²) < 4.78 is 5.54. The number of hydrogen-bond acceptors (Lipinski definition) is 5. The van der Waals surface area contributed by atoms with Crippen molar-refractivity contribution in [3.8, 4) is 16.9 Å². The van der Waals surface area contributed by atoms with Gasteiger partial charge in [-0.2, -0.15) is 0 Å². The van der Waals surface area contributed by atoms with Crippen LogP contribution in [-0.2, 0) is 6.54 Å². The van der Waals surface area contributed by atoms with E-state index >= 15 is 0 Å². The summed E-state index contributed by atoms with van der Waals surface area (Å²) in [6.45, 7) is 9.91. The van der Waals surface area contributed by atoms with Gasteiger partial charge >= 0.3 is 0 Å². The summed E-state index contributed by atoms with van der Waals surface area (Å²) in [6.07, 6.45) is 10.5. The van der Waals surface area contributed by atoms with Crippen LogP contribution in [-0.4, -0.2) is 72.6 Å². The first-order valence-corrected chi connectivity index (χ1v) is 14.1. The molecule has 0 aliphatic carbocycles. The molecule has 2 unspecified atom stereocenters. The molecule has 5 rings (SSSR count). The molecule has 3 fully saturated rings. The predicted octanol–water partition coefficient (Wildman–Crippen LogP) is 5.11. The number of nitrogens with zero attached hydrogens (tertiary/aromatic N) is 3. The summed E-state index contributed by atoms with van der Waals surface area (Å²) in [7, 11) is 1.70. The van der Waals surface area contributed by atoms with Gasteiger partial charge in [0.15, 0.2) is 0 Å². The number of ether oxygens (including phenoxy) is 1. The molecule has 2 aromatic carbocycles. The Morgan fingerprint density at radius 1 is 1.03 bits per heavy atom. The van der Waals surface area contributed by atoms with E-state index in [4.69, 9.17) is 4.74 Å². The third kappa shape index (κ3) is 6.25. The average Bonchev–Trinajstić information content (AvgIpc) is 3.04. The normalized spacial score (nSPS) is 23.3. The summed E-state index contributed by atoms with van der Waals surface area (Å²) >= 11 is 0. The molecule has 1 N–H and O–H groups in total. The number of likely N-dealkylation sites (tertiary alicyclic amines) is 1. The minimum atomic E-state index is -0.0208. The van der Waals surface area contributed by atoms with Crippen LogP contribution in [0.5, 0.6) is 5.75 Å². The molecule has 2 bridgehead atoms. The van der Waals surface area contributed by atoms with Gasteiger partial charge in [0.2, 0.25) is 0 Å². The summed E-state index contributed by atoms with van der Waals surface area (Å²) in [5.41, 5.74) is 7.37. The van der Waals surface area contributed by atoms with E-state index in [0.717, 1.165) is 69.0 Å². The minimum absolute atomic E-state index is 0.0208. The first-order chi connectivity index (χ1) is 18.1. The number of nitrogens with one attached hydrogen (secondary N) is 1. The van der Waals surface area contributed by atoms with Crippen molar-refractivity contribution in [3.05, 3.63) is 66.2 Å². The van der Waals surface area contributed by atoms with E-state index < -0.39 is 0 Å². The van der Waals surface area contributed by atoms with Crippen molar-refractivity contribution in [1.29, 1.82) is 0 Å². The van der Waals surface area contributed by atoms with E-state index in [2.05, 4.69) is 51.1 Å². The van der Waals surface area contributed by atoms with E-state index in [1.807, 2.05) is 24.3 Å². The van der Waals surface area contributed by atoms with Gasteiger partial charge in [-0.1, -0.05) is 37.1 Å². The lowest BCUT2D eigenvalue weighted by molar-refractivity contribution is 0.0794. The molecule has 2 atom stereocenters. The van der Waals surface area contributed by atoms with Gasteiger partial charge in [-0.3, -0.25) is 20.0 Å². The molecule has 198 valence electrons. The first-order valence-electron chi connectivity index (χ1n) is 14.1. The SMILES string of the molecule is C=CCN1CCC2CCC(C1)N2Cc1ccc(C(=O)NN2CCCCCC2)cc1-c1cccc(OC)c1. The van der Waals surface area contributed by atoms with Gasteiger partial charge in [0.25, 0.3) is 5.91 Å². The molecule has 6 nitrogen and oxygen atoms in total. The van der Waals surface area contributed by atoms with Crippen molar-refractivity contribution >= 4 is 5.91 Å². The maximum Gasteiger partial charge on any atom is 0.265 e. The fourth-order valence-electron chi connectivity index (χ4n) is 6.35. The van der Waals surface area contributed by atoms with Crippen molar-refractivity contribution in [3.63, 3.8) is 0 Å². The van der Waals surface area contributed by atoms with Crippen LogP contribution in [0.4, 0.5) is 0 Å². The van der Waals surface area contributed by atoms with E-state index in [1.165, 1.54) is 37.7 Å². The van der Waals surface area contributed by atoms with Gasteiger partial charge in [0.05, 0.1) is 7.11 Å². The summed E-state index contributed by atoms with van der Waals surface area (Å²) in [5, 5.41) is 2.10. The largest absolute Gasteiger partial charge is 0.497 e. The smallest absolute Gasteiger partial charge is 0.265 e. The van der Waals surface area contributed by atoms with Crippen LogP contribution < -0.4 is 10.2 Å². The standard InChI is InChI=1S/C31H42N4O2/c1-3-16-33-19-15-27-13-14-28(23-33)35(27)22-26-12-11-25(31(36)32-34-17-6-4-5-7-18-34)21-30(26)24-9-8-10-29(20-24)37-2/h3,8-12,20-21,27-28H,1,4-7,13-19,22-23H2,2H3,(H,32,36). The lowest BCUT2D eigenvalue weighted by Crippen LogP contribution is -2.42. The highest BCUT2D eigenvalue weighted by Gasteiger charge is 2.37. The molecular formula is C31H42N4O2. The topological polar surface area (TPSA) is 48.0 Å². The maximum absolute atomic E-state index is 13.3. The third-order valence-electron chi connectivity index (χ3n) is 8.38. The van der Waals surface area contributed by atoms with Gasteiger partial charge in [-0.15, -0.1) is 6.58 Å². The van der Waals surface area contributed by atoms with Gasteiger partial charge in [-0.05, 0) is 73.1 Å². The lowest BCUT2D eigenvalue weighted by atomic mass is 9.96. The molecule has 0 radical (unpaired) electrons. The van der Waals surface area contributed by atoms with Crippen molar-refractivity contribution in [2.24, 2.45) is 0 Å². The molecule has 3 heterocycles. The number of methoxy groups -OCH3 is 1. The van der Waals surface area contributed by atoms with Crippen molar-refractivity contribution < 1.29 is 9.53 Å². The fourth-order valence-corrected chi connectivity index (χ4v) is 6.35. The van der Waals surface area contributed by atoms with Crippen LogP contribution in [0.15, 0.2) is 55.1 Å². The molecule has 6 heteroatoms. The molecule has 3 aliphatic rings. The average molecular weight is 503 g/mol. The van der Waals surface area contributed by atoms with Gasteiger partial charge in [-0.25, -0.2) is 5.01 Å². The van der Waals surface area contributed by atoms with Crippen LogP contribution in [0.3, 0.4) is 0 Å². The lowest BCUT2D eigenvalue weighted by Gasteiger charge is -2.29. The van der Waals surface area contributed by atoms with Crippen LogP contribution >= 0.6 is 0 Å². The monoisotopic (exact) mass is 502 g/mol. The number of carbonyl (C=O) groups is 1. The zero-order chi connectivity index (χ0) is 25.6.